The highest BCUT2D eigenvalue weighted by Crippen LogP contribution is 2.32. The first-order valence-corrected chi connectivity index (χ1v) is 11.5. The topological polar surface area (TPSA) is 62.6 Å². The lowest BCUT2D eigenvalue weighted by Gasteiger charge is -2.36. The minimum Gasteiger partial charge on any atom is -0.368 e. The van der Waals surface area contributed by atoms with Gasteiger partial charge >= 0.3 is 6.18 Å². The summed E-state index contributed by atoms with van der Waals surface area (Å²) in [4.78, 5) is 43.2. The highest BCUT2D eigenvalue weighted by atomic mass is 19.4. The van der Waals surface area contributed by atoms with Gasteiger partial charge < -0.3 is 9.80 Å². The van der Waals surface area contributed by atoms with Gasteiger partial charge in [0, 0.05) is 42.6 Å². The molecule has 3 aromatic carbocycles. The smallest absolute Gasteiger partial charge is 0.368 e. The average molecular weight is 493 g/mol. The SMILES string of the molecule is O=C(Cn1c(=O)c2ccccc2c(=O)c2ccccc21)N1CCN(c2cccc(C(F)(F)F)c2)CC1. The van der Waals surface area contributed by atoms with Gasteiger partial charge in [0.25, 0.3) is 5.56 Å². The Hall–Kier alpha value is -4.14. The molecule has 0 bridgehead atoms. The second-order valence-corrected chi connectivity index (χ2v) is 8.70. The summed E-state index contributed by atoms with van der Waals surface area (Å²) in [6.07, 6.45) is -4.43. The van der Waals surface area contributed by atoms with Crippen LogP contribution in [0.1, 0.15) is 5.56 Å². The number of carbonyl (C=O) groups excluding carboxylic acids is 1. The molecule has 36 heavy (non-hydrogen) atoms. The van der Waals surface area contributed by atoms with Crippen molar-refractivity contribution in [3.05, 3.63) is 98.9 Å². The second kappa shape index (κ2) is 9.14. The van der Waals surface area contributed by atoms with E-state index in [1.807, 2.05) is 0 Å². The number of nitrogens with zero attached hydrogens (tertiary/aromatic N) is 3. The highest BCUT2D eigenvalue weighted by molar-refractivity contribution is 5.91. The number of piperazine rings is 1. The predicted octanol–water partition coefficient (Wildman–Crippen LogP) is 3.88. The quantitative estimate of drug-likeness (QED) is 0.435. The number of hydrogen-bond acceptors (Lipinski definition) is 4. The highest BCUT2D eigenvalue weighted by Gasteiger charge is 2.31. The molecule has 0 radical (unpaired) electrons. The Balaban J connectivity index is 1.42. The van der Waals surface area contributed by atoms with Crippen molar-refractivity contribution in [2.45, 2.75) is 12.7 Å². The van der Waals surface area contributed by atoms with E-state index in [-0.39, 0.29) is 23.3 Å². The maximum Gasteiger partial charge on any atom is 0.416 e. The molecule has 9 heteroatoms. The Kier molecular flexibility index (Phi) is 5.99. The number of aromatic nitrogens is 1. The summed E-state index contributed by atoms with van der Waals surface area (Å²) in [5.41, 5.74) is -0.603. The van der Waals surface area contributed by atoms with Crippen molar-refractivity contribution in [3.8, 4) is 0 Å². The third-order valence-corrected chi connectivity index (χ3v) is 6.55. The van der Waals surface area contributed by atoms with Gasteiger partial charge in [-0.05, 0) is 36.4 Å². The average Bonchev–Trinajstić information content (AvgIpc) is 2.98. The molecule has 0 N–H and O–H groups in total. The summed E-state index contributed by atoms with van der Waals surface area (Å²) < 4.78 is 40.6. The van der Waals surface area contributed by atoms with Crippen molar-refractivity contribution in [1.82, 2.24) is 9.47 Å². The number of carbonyl (C=O) groups is 1. The summed E-state index contributed by atoms with van der Waals surface area (Å²) in [5, 5.41) is 0.874. The van der Waals surface area contributed by atoms with Crippen LogP contribution in [-0.4, -0.2) is 41.6 Å². The van der Waals surface area contributed by atoms with Crippen molar-refractivity contribution in [2.75, 3.05) is 31.1 Å². The van der Waals surface area contributed by atoms with Crippen molar-refractivity contribution in [2.24, 2.45) is 0 Å². The molecular weight excluding hydrogens is 471 g/mol. The number of anilines is 1. The number of fused-ring (bicyclic) bond motifs is 2. The Morgan fingerprint density at radius 3 is 2.11 bits per heavy atom. The van der Waals surface area contributed by atoms with Crippen molar-refractivity contribution in [1.29, 1.82) is 0 Å². The van der Waals surface area contributed by atoms with E-state index < -0.39 is 17.3 Å². The van der Waals surface area contributed by atoms with Crippen molar-refractivity contribution in [3.63, 3.8) is 0 Å². The zero-order valence-corrected chi connectivity index (χ0v) is 19.2. The Labute approximate surface area is 203 Å². The molecule has 6 nitrogen and oxygen atoms in total. The molecule has 0 aliphatic carbocycles. The predicted molar refractivity (Wildman–Crippen MR) is 132 cm³/mol. The number of benzene rings is 3. The fourth-order valence-electron chi connectivity index (χ4n) is 4.65. The summed E-state index contributed by atoms with van der Waals surface area (Å²) >= 11 is 0. The largest absolute Gasteiger partial charge is 0.416 e. The molecule has 4 aromatic rings. The molecule has 2 heterocycles. The van der Waals surface area contributed by atoms with Crippen LogP contribution in [-0.2, 0) is 17.5 Å². The minimum absolute atomic E-state index is 0.237. The maximum absolute atomic E-state index is 13.4. The molecule has 1 aliphatic rings. The molecule has 1 saturated heterocycles. The van der Waals surface area contributed by atoms with Gasteiger partial charge in [-0.2, -0.15) is 13.2 Å². The first-order chi connectivity index (χ1) is 17.2. The first kappa shape index (κ1) is 23.6. The lowest BCUT2D eigenvalue weighted by molar-refractivity contribution is -0.137. The van der Waals surface area contributed by atoms with E-state index in [1.54, 1.807) is 64.4 Å². The summed E-state index contributed by atoms with van der Waals surface area (Å²) in [6.45, 7) is 1.07. The minimum atomic E-state index is -4.43. The van der Waals surface area contributed by atoms with Gasteiger partial charge in [-0.1, -0.05) is 36.4 Å². The Morgan fingerprint density at radius 1 is 0.778 bits per heavy atom. The van der Waals surface area contributed by atoms with Crippen LogP contribution >= 0.6 is 0 Å². The summed E-state index contributed by atoms with van der Waals surface area (Å²) in [6, 6.07) is 18.4. The van der Waals surface area contributed by atoms with E-state index in [1.165, 1.54) is 10.6 Å². The first-order valence-electron chi connectivity index (χ1n) is 11.5. The Morgan fingerprint density at radius 2 is 1.42 bits per heavy atom. The molecule has 0 saturated carbocycles. The van der Waals surface area contributed by atoms with Gasteiger partial charge in [0.2, 0.25) is 5.91 Å². The van der Waals surface area contributed by atoms with E-state index in [4.69, 9.17) is 0 Å². The standard InChI is InChI=1S/C27H22F3N3O3/c28-27(29,30)18-6-5-7-19(16-18)31-12-14-32(15-13-31)24(34)17-33-23-11-4-3-10-22(23)25(35)20-8-1-2-9-21(20)26(33)36/h1-11,16H,12-15,17H2. The van der Waals surface area contributed by atoms with Crippen LogP contribution in [0.5, 0.6) is 0 Å². The zero-order valence-electron chi connectivity index (χ0n) is 19.2. The van der Waals surface area contributed by atoms with E-state index in [9.17, 15) is 27.6 Å². The van der Waals surface area contributed by atoms with E-state index >= 15 is 0 Å². The van der Waals surface area contributed by atoms with Crippen LogP contribution in [0.4, 0.5) is 18.9 Å². The van der Waals surface area contributed by atoms with Gasteiger partial charge in [0.05, 0.1) is 16.5 Å². The van der Waals surface area contributed by atoms with Gasteiger partial charge in [-0.15, -0.1) is 0 Å². The van der Waals surface area contributed by atoms with Gasteiger partial charge in [-0.25, -0.2) is 0 Å². The fourth-order valence-corrected chi connectivity index (χ4v) is 4.65. The molecule has 0 unspecified atom stereocenters. The summed E-state index contributed by atoms with van der Waals surface area (Å²) in [5.74, 6) is -0.298. The Bertz CT molecular complexity index is 1590. The van der Waals surface area contributed by atoms with E-state index in [0.717, 1.165) is 12.1 Å². The fraction of sp³-hybridized carbons (Fsp3) is 0.222. The van der Waals surface area contributed by atoms with Crippen molar-refractivity contribution < 1.29 is 18.0 Å². The molecule has 1 aliphatic heterocycles. The number of para-hydroxylation sites is 1. The second-order valence-electron chi connectivity index (χ2n) is 8.70. The monoisotopic (exact) mass is 493 g/mol. The van der Waals surface area contributed by atoms with Crippen LogP contribution in [0.2, 0.25) is 0 Å². The third-order valence-electron chi connectivity index (χ3n) is 6.55. The number of halogens is 3. The molecule has 1 aromatic heterocycles. The van der Waals surface area contributed by atoms with E-state index in [0.29, 0.717) is 48.2 Å². The maximum atomic E-state index is 13.4. The van der Waals surface area contributed by atoms with E-state index in [2.05, 4.69) is 0 Å². The number of alkyl halides is 3. The molecule has 1 fully saturated rings. The molecule has 184 valence electrons. The normalized spacial score (nSPS) is 14.4. The number of amides is 1. The van der Waals surface area contributed by atoms with Crippen LogP contribution in [0, 0.1) is 0 Å². The number of rotatable bonds is 3. The molecule has 1 amide bonds. The van der Waals surface area contributed by atoms with Crippen LogP contribution in [0.25, 0.3) is 21.7 Å². The van der Waals surface area contributed by atoms with Crippen LogP contribution < -0.4 is 15.9 Å². The molecule has 0 spiro atoms. The van der Waals surface area contributed by atoms with Crippen LogP contribution in [0.15, 0.2) is 82.4 Å². The zero-order chi connectivity index (χ0) is 25.4. The lowest BCUT2D eigenvalue weighted by Crippen LogP contribution is -2.50. The molecule has 0 atom stereocenters. The number of hydrogen-bond donors (Lipinski definition) is 0. The lowest BCUT2D eigenvalue weighted by atomic mass is 10.1. The molecular formula is C27H22F3N3O3. The van der Waals surface area contributed by atoms with Crippen LogP contribution in [0.3, 0.4) is 0 Å². The molecule has 5 rings (SSSR count). The van der Waals surface area contributed by atoms with Gasteiger partial charge in [-0.3, -0.25) is 19.0 Å². The summed E-state index contributed by atoms with van der Waals surface area (Å²) in [7, 11) is 0. The van der Waals surface area contributed by atoms with Gasteiger partial charge in [0.15, 0.2) is 5.43 Å². The van der Waals surface area contributed by atoms with Gasteiger partial charge in [0.1, 0.15) is 6.54 Å². The third kappa shape index (κ3) is 4.32. The van der Waals surface area contributed by atoms with Crippen molar-refractivity contribution >= 4 is 33.3 Å².